The first kappa shape index (κ1) is 12.1. The van der Waals surface area contributed by atoms with E-state index in [9.17, 15) is 0 Å². The molecule has 3 nitrogen and oxygen atoms in total. The van der Waals surface area contributed by atoms with Crippen LogP contribution < -0.4 is 5.32 Å². The summed E-state index contributed by atoms with van der Waals surface area (Å²) in [5.41, 5.74) is 0. The summed E-state index contributed by atoms with van der Waals surface area (Å²) in [5, 5.41) is 4.30. The Morgan fingerprint density at radius 1 is 1.50 bits per heavy atom. The van der Waals surface area contributed by atoms with Gasteiger partial charge in [0.2, 0.25) is 5.13 Å². The zero-order valence-electron chi connectivity index (χ0n) is 9.74. The standard InChI is InChI=1S/C11H18ClN3S/c1-7(2)5-9(6-12)13-11-14-10(15-16-11)8-3-4-8/h7-9H,3-6H2,1-2H3,(H,13,14,15). The van der Waals surface area contributed by atoms with Crippen LogP contribution in [-0.2, 0) is 0 Å². The van der Waals surface area contributed by atoms with Crippen molar-refractivity contribution in [3.63, 3.8) is 0 Å². The molecule has 5 heteroatoms. The lowest BCUT2D eigenvalue weighted by atomic mass is 10.1. The van der Waals surface area contributed by atoms with Crippen LogP contribution in [0.1, 0.15) is 44.9 Å². The Balaban J connectivity index is 1.90. The number of anilines is 1. The normalized spacial score (nSPS) is 17.8. The number of aromatic nitrogens is 2. The highest BCUT2D eigenvalue weighted by molar-refractivity contribution is 7.09. The van der Waals surface area contributed by atoms with Crippen molar-refractivity contribution in [1.29, 1.82) is 0 Å². The summed E-state index contributed by atoms with van der Waals surface area (Å²) in [6, 6.07) is 0.307. The number of hydrogen-bond donors (Lipinski definition) is 1. The van der Waals surface area contributed by atoms with Gasteiger partial charge in [0.15, 0.2) is 0 Å². The molecule has 1 fully saturated rings. The van der Waals surface area contributed by atoms with Crippen molar-refractivity contribution in [2.75, 3.05) is 11.2 Å². The maximum absolute atomic E-state index is 5.94. The first-order chi connectivity index (χ1) is 7.69. The fraction of sp³-hybridized carbons (Fsp3) is 0.818. The first-order valence-corrected chi connectivity index (χ1v) is 7.16. The van der Waals surface area contributed by atoms with Crippen LogP contribution in [0.25, 0.3) is 0 Å². The molecule has 0 aliphatic heterocycles. The monoisotopic (exact) mass is 259 g/mol. The van der Waals surface area contributed by atoms with Gasteiger partial charge in [-0.3, -0.25) is 0 Å². The summed E-state index contributed by atoms with van der Waals surface area (Å²) < 4.78 is 4.37. The molecule has 0 amide bonds. The van der Waals surface area contributed by atoms with E-state index >= 15 is 0 Å². The van der Waals surface area contributed by atoms with Crippen LogP contribution in [0, 0.1) is 5.92 Å². The molecule has 1 aromatic heterocycles. The summed E-state index contributed by atoms with van der Waals surface area (Å²) in [7, 11) is 0. The number of rotatable bonds is 6. The summed E-state index contributed by atoms with van der Waals surface area (Å²) in [6.45, 7) is 4.41. The second-order valence-corrected chi connectivity index (χ2v) is 5.92. The summed E-state index contributed by atoms with van der Waals surface area (Å²) in [5.74, 6) is 2.92. The Kier molecular flexibility index (Phi) is 4.03. The molecule has 1 N–H and O–H groups in total. The Labute approximate surface area is 106 Å². The van der Waals surface area contributed by atoms with E-state index in [0.29, 0.717) is 23.8 Å². The molecule has 16 heavy (non-hydrogen) atoms. The zero-order valence-corrected chi connectivity index (χ0v) is 11.3. The van der Waals surface area contributed by atoms with E-state index in [1.54, 1.807) is 0 Å². The van der Waals surface area contributed by atoms with Gasteiger partial charge in [-0.15, -0.1) is 11.6 Å². The fourth-order valence-corrected chi connectivity index (χ4v) is 2.63. The summed E-state index contributed by atoms with van der Waals surface area (Å²) in [4.78, 5) is 4.50. The minimum atomic E-state index is 0.307. The summed E-state index contributed by atoms with van der Waals surface area (Å²) in [6.07, 6.45) is 3.57. The van der Waals surface area contributed by atoms with E-state index in [1.807, 2.05) is 0 Å². The van der Waals surface area contributed by atoms with Gasteiger partial charge in [-0.25, -0.2) is 4.98 Å². The highest BCUT2D eigenvalue weighted by Gasteiger charge is 2.28. The highest BCUT2D eigenvalue weighted by Crippen LogP contribution is 2.39. The molecule has 0 spiro atoms. The van der Waals surface area contributed by atoms with Crippen LogP contribution in [0.5, 0.6) is 0 Å². The van der Waals surface area contributed by atoms with Crippen LogP contribution in [-0.4, -0.2) is 21.3 Å². The van der Waals surface area contributed by atoms with Crippen molar-refractivity contribution in [1.82, 2.24) is 9.36 Å². The lowest BCUT2D eigenvalue weighted by Gasteiger charge is -2.16. The van der Waals surface area contributed by atoms with E-state index < -0.39 is 0 Å². The van der Waals surface area contributed by atoms with E-state index in [2.05, 4.69) is 28.5 Å². The SMILES string of the molecule is CC(C)CC(CCl)Nc1nc(C2CC2)ns1. The van der Waals surface area contributed by atoms with Crippen molar-refractivity contribution in [2.45, 2.75) is 45.1 Å². The van der Waals surface area contributed by atoms with Gasteiger partial charge in [0.25, 0.3) is 0 Å². The number of halogens is 1. The lowest BCUT2D eigenvalue weighted by Crippen LogP contribution is -2.23. The largest absolute Gasteiger partial charge is 0.356 e. The quantitative estimate of drug-likeness (QED) is 0.795. The molecule has 1 heterocycles. The van der Waals surface area contributed by atoms with Crippen molar-refractivity contribution < 1.29 is 0 Å². The predicted octanol–water partition coefficient (Wildman–Crippen LogP) is 3.48. The van der Waals surface area contributed by atoms with Crippen LogP contribution in [0.15, 0.2) is 0 Å². The molecular weight excluding hydrogens is 242 g/mol. The van der Waals surface area contributed by atoms with Gasteiger partial charge in [0.05, 0.1) is 0 Å². The fourth-order valence-electron chi connectivity index (χ4n) is 1.70. The maximum Gasteiger partial charge on any atom is 0.202 e. The van der Waals surface area contributed by atoms with Gasteiger partial charge < -0.3 is 5.32 Å². The van der Waals surface area contributed by atoms with Gasteiger partial charge in [-0.05, 0) is 25.2 Å². The van der Waals surface area contributed by atoms with Crippen LogP contribution in [0.4, 0.5) is 5.13 Å². The van der Waals surface area contributed by atoms with Crippen molar-refractivity contribution in [3.8, 4) is 0 Å². The molecule has 1 aliphatic rings. The number of nitrogens with zero attached hydrogens (tertiary/aromatic N) is 2. The zero-order chi connectivity index (χ0) is 11.5. The molecule has 1 aliphatic carbocycles. The molecule has 90 valence electrons. The lowest BCUT2D eigenvalue weighted by molar-refractivity contribution is 0.542. The van der Waals surface area contributed by atoms with Crippen LogP contribution in [0.3, 0.4) is 0 Å². The predicted molar refractivity (Wildman–Crippen MR) is 69.5 cm³/mol. The minimum absolute atomic E-state index is 0.307. The van der Waals surface area contributed by atoms with Crippen molar-refractivity contribution in [3.05, 3.63) is 5.82 Å². The van der Waals surface area contributed by atoms with Gasteiger partial charge in [0.1, 0.15) is 5.82 Å². The molecule has 1 saturated carbocycles. The average molecular weight is 260 g/mol. The number of alkyl halides is 1. The molecule has 0 bridgehead atoms. The average Bonchev–Trinajstić information content (AvgIpc) is 2.98. The Morgan fingerprint density at radius 3 is 2.81 bits per heavy atom. The number of hydrogen-bond acceptors (Lipinski definition) is 4. The van der Waals surface area contributed by atoms with Crippen LogP contribution in [0.2, 0.25) is 0 Å². The van der Waals surface area contributed by atoms with Gasteiger partial charge >= 0.3 is 0 Å². The minimum Gasteiger partial charge on any atom is -0.356 e. The topological polar surface area (TPSA) is 37.8 Å². The second-order valence-electron chi connectivity index (χ2n) is 4.86. The third kappa shape index (κ3) is 3.32. The molecule has 0 aromatic carbocycles. The molecular formula is C11H18ClN3S. The summed E-state index contributed by atoms with van der Waals surface area (Å²) >= 11 is 7.39. The third-order valence-electron chi connectivity index (χ3n) is 2.65. The van der Waals surface area contributed by atoms with Gasteiger partial charge in [-0.1, -0.05) is 13.8 Å². The molecule has 0 radical (unpaired) electrons. The maximum atomic E-state index is 5.94. The van der Waals surface area contributed by atoms with E-state index in [1.165, 1.54) is 24.4 Å². The third-order valence-corrected chi connectivity index (χ3v) is 3.69. The molecule has 0 saturated heterocycles. The Hall–Kier alpha value is -0.350. The van der Waals surface area contributed by atoms with E-state index in [-0.39, 0.29) is 0 Å². The van der Waals surface area contributed by atoms with Crippen molar-refractivity contribution >= 4 is 28.3 Å². The van der Waals surface area contributed by atoms with Crippen LogP contribution >= 0.6 is 23.1 Å². The van der Waals surface area contributed by atoms with Crippen molar-refractivity contribution in [2.24, 2.45) is 5.92 Å². The van der Waals surface area contributed by atoms with E-state index in [0.717, 1.165) is 17.4 Å². The molecule has 1 aromatic rings. The first-order valence-electron chi connectivity index (χ1n) is 5.85. The highest BCUT2D eigenvalue weighted by atomic mass is 35.5. The van der Waals surface area contributed by atoms with Gasteiger partial charge in [0, 0.05) is 29.4 Å². The van der Waals surface area contributed by atoms with Gasteiger partial charge in [-0.2, -0.15) is 4.37 Å². The Bertz CT molecular complexity index is 336. The molecule has 1 unspecified atom stereocenters. The Morgan fingerprint density at radius 2 is 2.25 bits per heavy atom. The molecule has 1 atom stereocenters. The number of nitrogens with one attached hydrogen (secondary N) is 1. The molecule has 2 rings (SSSR count). The van der Waals surface area contributed by atoms with E-state index in [4.69, 9.17) is 11.6 Å². The second kappa shape index (κ2) is 5.32. The smallest absolute Gasteiger partial charge is 0.202 e.